The van der Waals surface area contributed by atoms with Gasteiger partial charge in [-0.1, -0.05) is 0 Å². The molecule has 4 rings (SSSR count). The third kappa shape index (κ3) is 2.93. The summed E-state index contributed by atoms with van der Waals surface area (Å²) >= 11 is 0. The van der Waals surface area contributed by atoms with E-state index in [2.05, 4.69) is 20.4 Å². The van der Waals surface area contributed by atoms with Crippen molar-refractivity contribution in [3.8, 4) is 22.9 Å². The summed E-state index contributed by atoms with van der Waals surface area (Å²) in [5.74, 6) is 0.950. The molecule has 4 N–H and O–H groups in total. The average Bonchev–Trinajstić information content (AvgIpc) is 3.18. The summed E-state index contributed by atoms with van der Waals surface area (Å²) in [7, 11) is 0. The third-order valence-electron chi connectivity index (χ3n) is 3.79. The summed E-state index contributed by atoms with van der Waals surface area (Å²) in [6, 6.07) is 12.7. The maximum atomic E-state index is 11.6. The van der Waals surface area contributed by atoms with E-state index < -0.39 is 22.8 Å². The van der Waals surface area contributed by atoms with Crippen molar-refractivity contribution >= 4 is 0 Å². The van der Waals surface area contributed by atoms with E-state index in [4.69, 9.17) is 4.74 Å². The fraction of sp³-hybridized carbons (Fsp3) is 0. The Balaban J connectivity index is 1.56. The van der Waals surface area contributed by atoms with E-state index >= 15 is 0 Å². The minimum Gasteiger partial charge on any atom is -0.457 e. The fourth-order valence-corrected chi connectivity index (χ4v) is 2.55. The van der Waals surface area contributed by atoms with E-state index in [1.807, 2.05) is 0 Å². The lowest BCUT2D eigenvalue weighted by atomic mass is 10.3. The molecule has 136 valence electrons. The maximum Gasteiger partial charge on any atom is 0.348 e. The molecule has 0 aliphatic carbocycles. The second kappa shape index (κ2) is 6.22. The van der Waals surface area contributed by atoms with Crippen molar-refractivity contribution < 1.29 is 4.74 Å². The van der Waals surface area contributed by atoms with Gasteiger partial charge in [0.15, 0.2) is 0 Å². The predicted octanol–water partition coefficient (Wildman–Crippen LogP) is -0.187. The van der Waals surface area contributed by atoms with Crippen LogP contribution in [0.1, 0.15) is 0 Å². The Morgan fingerprint density at radius 2 is 0.815 bits per heavy atom. The van der Waals surface area contributed by atoms with E-state index in [9.17, 15) is 19.2 Å². The van der Waals surface area contributed by atoms with E-state index in [1.54, 1.807) is 48.5 Å². The van der Waals surface area contributed by atoms with Gasteiger partial charge in [0.1, 0.15) is 11.5 Å². The van der Waals surface area contributed by atoms with Crippen LogP contribution in [0.25, 0.3) is 11.4 Å². The lowest BCUT2D eigenvalue weighted by molar-refractivity contribution is 0.482. The Hall–Kier alpha value is -4.28. The highest BCUT2D eigenvalue weighted by atomic mass is 16.5. The fourth-order valence-electron chi connectivity index (χ4n) is 2.55. The topological polar surface area (TPSA) is 151 Å². The number of nitrogens with zero attached hydrogens (tertiary/aromatic N) is 2. The summed E-state index contributed by atoms with van der Waals surface area (Å²) in [5.41, 5.74) is -1.51. The summed E-state index contributed by atoms with van der Waals surface area (Å²) in [6.45, 7) is 0. The number of ether oxygens (including phenoxy) is 1. The monoisotopic (exact) mass is 368 g/mol. The highest BCUT2D eigenvalue weighted by Crippen LogP contribution is 2.23. The van der Waals surface area contributed by atoms with Gasteiger partial charge in [0.05, 0.1) is 11.4 Å². The van der Waals surface area contributed by atoms with Gasteiger partial charge in [-0.15, -0.1) is 0 Å². The first kappa shape index (κ1) is 16.2. The molecule has 0 atom stereocenters. The van der Waals surface area contributed by atoms with Crippen LogP contribution in [0.3, 0.4) is 0 Å². The van der Waals surface area contributed by atoms with Crippen LogP contribution in [0.15, 0.2) is 67.7 Å². The Labute approximate surface area is 148 Å². The highest BCUT2D eigenvalue weighted by molar-refractivity contribution is 5.41. The number of hydrogen-bond acceptors (Lipinski definition) is 5. The van der Waals surface area contributed by atoms with Crippen LogP contribution < -0.4 is 27.5 Å². The Kier molecular flexibility index (Phi) is 3.73. The molecule has 0 aliphatic heterocycles. The number of aromatic amines is 4. The van der Waals surface area contributed by atoms with Crippen molar-refractivity contribution in [3.05, 3.63) is 90.5 Å². The second-order valence-electron chi connectivity index (χ2n) is 5.48. The van der Waals surface area contributed by atoms with Crippen molar-refractivity contribution in [2.24, 2.45) is 0 Å². The third-order valence-corrected chi connectivity index (χ3v) is 3.79. The molecule has 0 fully saturated rings. The van der Waals surface area contributed by atoms with E-state index in [-0.39, 0.29) is 0 Å². The zero-order valence-corrected chi connectivity index (χ0v) is 13.6. The lowest BCUT2D eigenvalue weighted by Crippen LogP contribution is -2.24. The van der Waals surface area contributed by atoms with Crippen molar-refractivity contribution in [1.82, 2.24) is 29.5 Å². The summed E-state index contributed by atoms with van der Waals surface area (Å²) in [4.78, 5) is 46.4. The number of benzene rings is 2. The minimum absolute atomic E-state index is 0.385. The Bertz CT molecular complexity index is 1160. The zero-order valence-electron chi connectivity index (χ0n) is 13.6. The van der Waals surface area contributed by atoms with E-state index in [0.29, 0.717) is 22.9 Å². The molecule has 2 aromatic heterocycles. The predicted molar refractivity (Wildman–Crippen MR) is 94.1 cm³/mol. The SMILES string of the molecule is O=c1[nH][nH]c(=O)n1-c1ccc(Oc2ccc(-n3c(=O)[nH][nH]c3=O)cc2)cc1. The van der Waals surface area contributed by atoms with Crippen molar-refractivity contribution in [1.29, 1.82) is 0 Å². The largest absolute Gasteiger partial charge is 0.457 e. The van der Waals surface area contributed by atoms with Gasteiger partial charge in [-0.25, -0.2) is 48.7 Å². The average molecular weight is 368 g/mol. The summed E-state index contributed by atoms with van der Waals surface area (Å²) in [6.07, 6.45) is 0. The molecule has 0 saturated carbocycles. The summed E-state index contributed by atoms with van der Waals surface area (Å²) in [5, 5.41) is 8.81. The van der Waals surface area contributed by atoms with E-state index in [0.717, 1.165) is 9.13 Å². The van der Waals surface area contributed by atoms with Crippen LogP contribution in [0.5, 0.6) is 11.5 Å². The van der Waals surface area contributed by atoms with Crippen molar-refractivity contribution in [3.63, 3.8) is 0 Å². The lowest BCUT2D eigenvalue weighted by Gasteiger charge is -2.07. The van der Waals surface area contributed by atoms with Gasteiger partial charge in [0.25, 0.3) is 0 Å². The number of H-pyrrole nitrogens is 4. The zero-order chi connectivity index (χ0) is 19.0. The molecule has 0 unspecified atom stereocenters. The molecule has 0 spiro atoms. The molecular weight excluding hydrogens is 356 g/mol. The molecule has 0 aliphatic rings. The first-order chi connectivity index (χ1) is 13.0. The van der Waals surface area contributed by atoms with Crippen LogP contribution in [0.4, 0.5) is 0 Å². The molecule has 0 bridgehead atoms. The van der Waals surface area contributed by atoms with Crippen LogP contribution >= 0.6 is 0 Å². The summed E-state index contributed by atoms with van der Waals surface area (Å²) < 4.78 is 7.58. The molecule has 0 radical (unpaired) electrons. The second-order valence-corrected chi connectivity index (χ2v) is 5.48. The molecule has 4 aromatic rings. The van der Waals surface area contributed by atoms with Crippen molar-refractivity contribution in [2.75, 3.05) is 0 Å². The molecular formula is C16H12N6O5. The van der Waals surface area contributed by atoms with Gasteiger partial charge < -0.3 is 4.74 Å². The number of aromatic nitrogens is 6. The molecule has 2 heterocycles. The quantitative estimate of drug-likeness (QED) is 0.394. The minimum atomic E-state index is -0.570. The maximum absolute atomic E-state index is 11.6. The van der Waals surface area contributed by atoms with Crippen LogP contribution in [-0.4, -0.2) is 29.5 Å². The van der Waals surface area contributed by atoms with Gasteiger partial charge >= 0.3 is 22.8 Å². The van der Waals surface area contributed by atoms with E-state index in [1.165, 1.54) is 0 Å². The number of rotatable bonds is 4. The van der Waals surface area contributed by atoms with Crippen LogP contribution in [-0.2, 0) is 0 Å². The van der Waals surface area contributed by atoms with Crippen LogP contribution in [0.2, 0.25) is 0 Å². The van der Waals surface area contributed by atoms with Gasteiger partial charge in [0.2, 0.25) is 0 Å². The molecule has 27 heavy (non-hydrogen) atoms. The van der Waals surface area contributed by atoms with Gasteiger partial charge in [-0.2, -0.15) is 0 Å². The van der Waals surface area contributed by atoms with Gasteiger partial charge in [0, 0.05) is 0 Å². The standard InChI is InChI=1S/C16H12N6O5/c23-13-17-18-14(24)21(13)9-1-5-11(6-2-9)27-12-7-3-10(4-8-12)22-15(25)19-20-16(22)26/h1-8H,(H,17,23)(H,18,24)(H,19,25)(H,20,26). The number of nitrogens with one attached hydrogen (secondary N) is 4. The molecule has 2 aromatic carbocycles. The first-order valence-corrected chi connectivity index (χ1v) is 7.71. The van der Waals surface area contributed by atoms with Crippen LogP contribution in [0, 0.1) is 0 Å². The number of hydrogen-bond donors (Lipinski definition) is 4. The normalized spacial score (nSPS) is 10.8. The molecule has 0 saturated heterocycles. The Morgan fingerprint density at radius 3 is 1.11 bits per heavy atom. The first-order valence-electron chi connectivity index (χ1n) is 7.71. The molecule has 0 amide bonds. The van der Waals surface area contributed by atoms with Gasteiger partial charge in [-0.3, -0.25) is 0 Å². The smallest absolute Gasteiger partial charge is 0.348 e. The van der Waals surface area contributed by atoms with Crippen molar-refractivity contribution in [2.45, 2.75) is 0 Å². The highest BCUT2D eigenvalue weighted by Gasteiger charge is 2.08. The Morgan fingerprint density at radius 1 is 0.519 bits per heavy atom. The van der Waals surface area contributed by atoms with Gasteiger partial charge in [-0.05, 0) is 48.5 Å². The molecule has 11 nitrogen and oxygen atoms in total. The molecule has 11 heteroatoms.